The second kappa shape index (κ2) is 12.5. The molecule has 0 aliphatic heterocycles. The lowest BCUT2D eigenvalue weighted by Gasteiger charge is -2.29. The molecule has 0 radical (unpaired) electrons. The van der Waals surface area contributed by atoms with Crippen LogP contribution in [-0.2, 0) is 26.2 Å². The molecule has 0 aromatic heterocycles. The van der Waals surface area contributed by atoms with Crippen molar-refractivity contribution in [1.29, 1.82) is 0 Å². The number of hydrogen-bond donors (Lipinski definition) is 1. The van der Waals surface area contributed by atoms with Gasteiger partial charge in [-0.1, -0.05) is 43.3 Å². The summed E-state index contributed by atoms with van der Waals surface area (Å²) in [6.07, 6.45) is 2.14. The number of hydrogen-bond acceptors (Lipinski definition) is 4. The van der Waals surface area contributed by atoms with Gasteiger partial charge in [-0.25, -0.2) is 12.8 Å². The molecule has 0 bridgehead atoms. The number of rotatable bonds is 12. The molecule has 186 valence electrons. The van der Waals surface area contributed by atoms with Crippen LogP contribution in [0.5, 0.6) is 0 Å². The lowest BCUT2D eigenvalue weighted by atomic mass is 10.1. The fourth-order valence-corrected chi connectivity index (χ4v) is 4.64. The number of sulfonamides is 1. The number of aryl methyl sites for hydroxylation is 1. The highest BCUT2D eigenvalue weighted by Crippen LogP contribution is 2.23. The molecule has 2 aromatic rings. The minimum absolute atomic E-state index is 0.0117. The third-order valence-corrected chi connectivity index (χ3v) is 6.73. The van der Waals surface area contributed by atoms with E-state index < -0.39 is 21.9 Å². The van der Waals surface area contributed by atoms with E-state index >= 15 is 0 Å². The Bertz CT molecular complexity index is 1090. The SMILES string of the molecule is CCCNC(=O)C(C)N(Cc1ccccc1F)C(=O)CCCN(c1ccccc1C)S(C)(=O)=O. The average Bonchev–Trinajstić information content (AvgIpc) is 2.79. The fourth-order valence-electron chi connectivity index (χ4n) is 3.61. The molecule has 0 heterocycles. The molecule has 7 nitrogen and oxygen atoms in total. The summed E-state index contributed by atoms with van der Waals surface area (Å²) in [7, 11) is -3.56. The lowest BCUT2D eigenvalue weighted by Crippen LogP contribution is -2.48. The number of halogens is 1. The molecule has 34 heavy (non-hydrogen) atoms. The molecular weight excluding hydrogens is 457 g/mol. The van der Waals surface area contributed by atoms with Crippen LogP contribution in [0.15, 0.2) is 48.5 Å². The molecule has 1 N–H and O–H groups in total. The minimum atomic E-state index is -3.56. The molecule has 1 unspecified atom stereocenters. The van der Waals surface area contributed by atoms with Crippen LogP contribution in [0.2, 0.25) is 0 Å². The highest BCUT2D eigenvalue weighted by atomic mass is 32.2. The molecule has 0 fully saturated rings. The van der Waals surface area contributed by atoms with Gasteiger partial charge in [0.25, 0.3) is 0 Å². The average molecular weight is 492 g/mol. The number of nitrogens with zero attached hydrogens (tertiary/aromatic N) is 2. The van der Waals surface area contributed by atoms with E-state index in [1.165, 1.54) is 15.3 Å². The summed E-state index contributed by atoms with van der Waals surface area (Å²) in [5, 5.41) is 2.78. The maximum absolute atomic E-state index is 14.3. The van der Waals surface area contributed by atoms with E-state index in [0.29, 0.717) is 17.8 Å². The van der Waals surface area contributed by atoms with Crippen molar-refractivity contribution in [2.75, 3.05) is 23.7 Å². The lowest BCUT2D eigenvalue weighted by molar-refractivity contribution is -0.140. The second-order valence-corrected chi connectivity index (χ2v) is 10.2. The standard InChI is InChI=1S/C25H34FN3O4S/c1-5-16-27-25(31)20(3)28(18-21-12-7-8-13-22(21)26)24(30)15-10-17-29(34(4,32)33)23-14-9-6-11-19(23)2/h6-9,11-14,20H,5,10,15-18H2,1-4H3,(H,27,31). The maximum Gasteiger partial charge on any atom is 0.242 e. The molecular formula is C25H34FN3O4S. The first-order valence-electron chi connectivity index (χ1n) is 11.4. The first-order valence-corrected chi connectivity index (χ1v) is 13.2. The molecule has 2 amide bonds. The van der Waals surface area contributed by atoms with E-state index in [0.717, 1.165) is 18.2 Å². The zero-order chi connectivity index (χ0) is 25.3. The molecule has 0 saturated carbocycles. The number of benzene rings is 2. The van der Waals surface area contributed by atoms with Crippen LogP contribution in [0.4, 0.5) is 10.1 Å². The molecule has 0 aliphatic rings. The van der Waals surface area contributed by atoms with Crippen LogP contribution in [0.1, 0.15) is 44.2 Å². The van der Waals surface area contributed by atoms with Crippen LogP contribution in [-0.4, -0.2) is 50.5 Å². The number of carbonyl (C=O) groups is 2. The summed E-state index contributed by atoms with van der Waals surface area (Å²) in [5.74, 6) is -1.12. The predicted octanol–water partition coefficient (Wildman–Crippen LogP) is 3.62. The first-order chi connectivity index (χ1) is 16.1. The summed E-state index contributed by atoms with van der Waals surface area (Å²) < 4.78 is 40.4. The Morgan fingerprint density at radius 3 is 2.35 bits per heavy atom. The number of para-hydroxylation sites is 1. The van der Waals surface area contributed by atoms with Crippen LogP contribution < -0.4 is 9.62 Å². The molecule has 1 atom stereocenters. The third-order valence-electron chi connectivity index (χ3n) is 5.55. The number of carbonyl (C=O) groups excluding carboxylic acids is 2. The van der Waals surface area contributed by atoms with Crippen molar-refractivity contribution < 1.29 is 22.4 Å². The smallest absolute Gasteiger partial charge is 0.242 e. The predicted molar refractivity (Wildman–Crippen MR) is 132 cm³/mol. The van der Waals surface area contributed by atoms with Gasteiger partial charge in [-0.05, 0) is 44.4 Å². The summed E-state index contributed by atoms with van der Waals surface area (Å²) in [5.41, 5.74) is 1.68. The van der Waals surface area contributed by atoms with Gasteiger partial charge in [-0.3, -0.25) is 13.9 Å². The van der Waals surface area contributed by atoms with E-state index in [1.807, 2.05) is 26.0 Å². The Kier molecular flexibility index (Phi) is 10.0. The molecule has 0 spiro atoms. The van der Waals surface area contributed by atoms with Crippen molar-refractivity contribution in [1.82, 2.24) is 10.2 Å². The van der Waals surface area contributed by atoms with Gasteiger partial charge >= 0.3 is 0 Å². The normalized spacial score (nSPS) is 12.1. The van der Waals surface area contributed by atoms with E-state index in [9.17, 15) is 22.4 Å². The van der Waals surface area contributed by atoms with Crippen molar-refractivity contribution in [2.24, 2.45) is 0 Å². The van der Waals surface area contributed by atoms with Crippen LogP contribution in [0.25, 0.3) is 0 Å². The van der Waals surface area contributed by atoms with Crippen molar-refractivity contribution in [3.8, 4) is 0 Å². The summed E-state index contributed by atoms with van der Waals surface area (Å²) >= 11 is 0. The van der Waals surface area contributed by atoms with Gasteiger partial charge in [0, 0.05) is 31.6 Å². The van der Waals surface area contributed by atoms with Crippen molar-refractivity contribution in [3.05, 3.63) is 65.5 Å². The zero-order valence-electron chi connectivity index (χ0n) is 20.3. The Morgan fingerprint density at radius 2 is 1.74 bits per heavy atom. The summed E-state index contributed by atoms with van der Waals surface area (Å²) in [6, 6.07) is 12.5. The zero-order valence-corrected chi connectivity index (χ0v) is 21.1. The van der Waals surface area contributed by atoms with Crippen LogP contribution in [0, 0.1) is 12.7 Å². The number of anilines is 1. The monoisotopic (exact) mass is 491 g/mol. The summed E-state index contributed by atoms with van der Waals surface area (Å²) in [4.78, 5) is 27.1. The summed E-state index contributed by atoms with van der Waals surface area (Å²) in [6.45, 7) is 5.89. The van der Waals surface area contributed by atoms with E-state index in [2.05, 4.69) is 5.32 Å². The molecule has 0 aliphatic carbocycles. The van der Waals surface area contributed by atoms with Gasteiger partial charge in [0.1, 0.15) is 11.9 Å². The van der Waals surface area contributed by atoms with Crippen molar-refractivity contribution in [3.63, 3.8) is 0 Å². The van der Waals surface area contributed by atoms with Gasteiger partial charge in [0.2, 0.25) is 21.8 Å². The van der Waals surface area contributed by atoms with Crippen LogP contribution >= 0.6 is 0 Å². The number of amides is 2. The van der Waals surface area contributed by atoms with Gasteiger partial charge < -0.3 is 10.2 Å². The maximum atomic E-state index is 14.3. The molecule has 2 rings (SSSR count). The molecule has 0 saturated heterocycles. The fraction of sp³-hybridized carbons (Fsp3) is 0.440. The van der Waals surface area contributed by atoms with E-state index in [-0.39, 0.29) is 37.7 Å². The largest absolute Gasteiger partial charge is 0.354 e. The van der Waals surface area contributed by atoms with Crippen molar-refractivity contribution >= 4 is 27.5 Å². The van der Waals surface area contributed by atoms with Gasteiger partial charge in [-0.2, -0.15) is 0 Å². The Morgan fingerprint density at radius 1 is 1.09 bits per heavy atom. The van der Waals surface area contributed by atoms with Gasteiger partial charge in [0.05, 0.1) is 11.9 Å². The minimum Gasteiger partial charge on any atom is -0.354 e. The van der Waals surface area contributed by atoms with Crippen molar-refractivity contribution in [2.45, 2.75) is 52.6 Å². The molecule has 2 aromatic carbocycles. The topological polar surface area (TPSA) is 86.8 Å². The highest BCUT2D eigenvalue weighted by Gasteiger charge is 2.27. The third kappa shape index (κ3) is 7.55. The Hall–Kier alpha value is -2.94. The number of nitrogens with one attached hydrogen (secondary N) is 1. The second-order valence-electron chi connectivity index (χ2n) is 8.31. The Balaban J connectivity index is 2.17. The van der Waals surface area contributed by atoms with E-state index in [4.69, 9.17) is 0 Å². The Labute approximate surface area is 202 Å². The molecule has 9 heteroatoms. The first kappa shape index (κ1) is 27.3. The van der Waals surface area contributed by atoms with Gasteiger partial charge in [-0.15, -0.1) is 0 Å². The van der Waals surface area contributed by atoms with Gasteiger partial charge in [0.15, 0.2) is 0 Å². The quantitative estimate of drug-likeness (QED) is 0.491. The van der Waals surface area contributed by atoms with E-state index in [1.54, 1.807) is 37.3 Å². The highest BCUT2D eigenvalue weighted by molar-refractivity contribution is 7.92. The van der Waals surface area contributed by atoms with Crippen LogP contribution in [0.3, 0.4) is 0 Å².